The Kier molecular flexibility index (Phi) is 4.39. The molecule has 0 bridgehead atoms. The summed E-state index contributed by atoms with van der Waals surface area (Å²) in [6.07, 6.45) is 4.53. The van der Waals surface area contributed by atoms with Crippen molar-refractivity contribution in [2.75, 3.05) is 6.54 Å². The SMILES string of the molecule is CC1CCC(OC(=O)C(C)CN)CC1. The second-order valence-electron chi connectivity index (χ2n) is 4.46. The highest BCUT2D eigenvalue weighted by molar-refractivity contribution is 5.72. The molecule has 0 spiro atoms. The third-order valence-electron chi connectivity index (χ3n) is 3.00. The second-order valence-corrected chi connectivity index (χ2v) is 4.46. The molecule has 1 aliphatic rings. The van der Waals surface area contributed by atoms with Gasteiger partial charge >= 0.3 is 5.97 Å². The molecule has 0 radical (unpaired) electrons. The number of hydrogen-bond acceptors (Lipinski definition) is 3. The molecule has 82 valence electrons. The number of rotatable bonds is 3. The second kappa shape index (κ2) is 5.35. The summed E-state index contributed by atoms with van der Waals surface area (Å²) < 4.78 is 5.37. The van der Waals surface area contributed by atoms with Gasteiger partial charge in [0, 0.05) is 6.54 Å². The van der Waals surface area contributed by atoms with Crippen LogP contribution >= 0.6 is 0 Å². The van der Waals surface area contributed by atoms with Gasteiger partial charge < -0.3 is 10.5 Å². The molecular weight excluding hydrogens is 178 g/mol. The first kappa shape index (κ1) is 11.5. The maximum absolute atomic E-state index is 11.4. The van der Waals surface area contributed by atoms with Gasteiger partial charge in [0.1, 0.15) is 6.10 Å². The van der Waals surface area contributed by atoms with Crippen LogP contribution in [0.2, 0.25) is 0 Å². The van der Waals surface area contributed by atoms with Crippen molar-refractivity contribution < 1.29 is 9.53 Å². The Hall–Kier alpha value is -0.570. The van der Waals surface area contributed by atoms with Gasteiger partial charge in [-0.25, -0.2) is 0 Å². The molecule has 1 atom stereocenters. The average Bonchev–Trinajstić information content (AvgIpc) is 2.20. The lowest BCUT2D eigenvalue weighted by Gasteiger charge is -2.26. The Bertz CT molecular complexity index is 186. The van der Waals surface area contributed by atoms with E-state index >= 15 is 0 Å². The van der Waals surface area contributed by atoms with E-state index in [4.69, 9.17) is 10.5 Å². The quantitative estimate of drug-likeness (QED) is 0.704. The molecule has 0 heterocycles. The standard InChI is InChI=1S/C11H21NO2/c1-8-3-5-10(6-4-8)14-11(13)9(2)7-12/h8-10H,3-7,12H2,1-2H3. The number of hydrogen-bond donors (Lipinski definition) is 1. The number of carbonyl (C=O) groups excluding carboxylic acids is 1. The summed E-state index contributed by atoms with van der Waals surface area (Å²) in [5.41, 5.74) is 5.40. The van der Waals surface area contributed by atoms with Gasteiger partial charge in [0.2, 0.25) is 0 Å². The van der Waals surface area contributed by atoms with Crippen molar-refractivity contribution in [1.29, 1.82) is 0 Å². The first-order chi connectivity index (χ1) is 6.63. The molecule has 1 fully saturated rings. The van der Waals surface area contributed by atoms with Crippen molar-refractivity contribution in [3.63, 3.8) is 0 Å². The van der Waals surface area contributed by atoms with Crippen LogP contribution < -0.4 is 5.73 Å². The third kappa shape index (κ3) is 3.29. The summed E-state index contributed by atoms with van der Waals surface area (Å²) in [6.45, 7) is 4.44. The fourth-order valence-electron chi connectivity index (χ4n) is 1.72. The van der Waals surface area contributed by atoms with E-state index < -0.39 is 0 Å². The Balaban J connectivity index is 2.27. The fourth-order valence-corrected chi connectivity index (χ4v) is 1.72. The highest BCUT2D eigenvalue weighted by Gasteiger charge is 2.23. The highest BCUT2D eigenvalue weighted by atomic mass is 16.5. The molecule has 3 heteroatoms. The first-order valence-corrected chi connectivity index (χ1v) is 5.54. The van der Waals surface area contributed by atoms with Crippen LogP contribution in [-0.4, -0.2) is 18.6 Å². The maximum Gasteiger partial charge on any atom is 0.310 e. The summed E-state index contributed by atoms with van der Waals surface area (Å²) in [4.78, 5) is 11.4. The van der Waals surface area contributed by atoms with E-state index in [9.17, 15) is 4.79 Å². The van der Waals surface area contributed by atoms with Crippen LogP contribution in [0.3, 0.4) is 0 Å². The molecule has 0 aromatic heterocycles. The van der Waals surface area contributed by atoms with E-state index in [0.29, 0.717) is 6.54 Å². The van der Waals surface area contributed by atoms with E-state index in [1.54, 1.807) is 0 Å². The summed E-state index contributed by atoms with van der Waals surface area (Å²) in [7, 11) is 0. The number of carbonyl (C=O) groups is 1. The summed E-state index contributed by atoms with van der Waals surface area (Å²) in [5, 5.41) is 0. The lowest BCUT2D eigenvalue weighted by atomic mass is 9.89. The number of esters is 1. The van der Waals surface area contributed by atoms with Crippen LogP contribution in [0.5, 0.6) is 0 Å². The molecule has 1 saturated carbocycles. The predicted octanol–water partition coefficient (Wildman–Crippen LogP) is 1.70. The van der Waals surface area contributed by atoms with Gasteiger partial charge in [0.05, 0.1) is 5.92 Å². The van der Waals surface area contributed by atoms with Crippen molar-refractivity contribution in [3.05, 3.63) is 0 Å². The molecule has 2 N–H and O–H groups in total. The lowest BCUT2D eigenvalue weighted by molar-refractivity contribution is -0.154. The minimum atomic E-state index is -0.158. The number of nitrogens with two attached hydrogens (primary N) is 1. The summed E-state index contributed by atoms with van der Waals surface area (Å²) >= 11 is 0. The first-order valence-electron chi connectivity index (χ1n) is 5.54. The van der Waals surface area contributed by atoms with Crippen LogP contribution in [0.4, 0.5) is 0 Å². The summed E-state index contributed by atoms with van der Waals surface area (Å²) in [5.74, 6) is 0.498. The van der Waals surface area contributed by atoms with Crippen LogP contribution in [0.15, 0.2) is 0 Å². The maximum atomic E-state index is 11.4. The summed E-state index contributed by atoms with van der Waals surface area (Å²) in [6, 6.07) is 0. The van der Waals surface area contributed by atoms with Crippen LogP contribution in [0, 0.1) is 11.8 Å². The largest absolute Gasteiger partial charge is 0.462 e. The van der Waals surface area contributed by atoms with Gasteiger partial charge in [-0.05, 0) is 31.6 Å². The monoisotopic (exact) mass is 199 g/mol. The van der Waals surface area contributed by atoms with E-state index in [1.165, 1.54) is 12.8 Å². The zero-order chi connectivity index (χ0) is 10.6. The average molecular weight is 199 g/mol. The molecule has 14 heavy (non-hydrogen) atoms. The molecule has 0 saturated heterocycles. The Morgan fingerprint density at radius 2 is 2.00 bits per heavy atom. The topological polar surface area (TPSA) is 52.3 Å². The number of ether oxygens (including phenoxy) is 1. The molecular formula is C11H21NO2. The van der Waals surface area contributed by atoms with Crippen molar-refractivity contribution in [2.24, 2.45) is 17.6 Å². The normalized spacial score (nSPS) is 29.6. The molecule has 1 aliphatic carbocycles. The molecule has 0 amide bonds. The van der Waals surface area contributed by atoms with Gasteiger partial charge in [-0.15, -0.1) is 0 Å². The van der Waals surface area contributed by atoms with Gasteiger partial charge in [-0.1, -0.05) is 13.8 Å². The van der Waals surface area contributed by atoms with Gasteiger partial charge in [0.15, 0.2) is 0 Å². The van der Waals surface area contributed by atoms with Crippen LogP contribution in [0.1, 0.15) is 39.5 Å². The Morgan fingerprint density at radius 3 is 2.50 bits per heavy atom. The zero-order valence-electron chi connectivity index (χ0n) is 9.16. The van der Waals surface area contributed by atoms with Crippen molar-refractivity contribution in [3.8, 4) is 0 Å². The molecule has 0 aromatic rings. The molecule has 1 unspecified atom stereocenters. The van der Waals surface area contributed by atoms with Gasteiger partial charge in [0.25, 0.3) is 0 Å². The molecule has 1 rings (SSSR count). The van der Waals surface area contributed by atoms with E-state index in [1.807, 2.05) is 6.92 Å². The molecule has 0 aromatic carbocycles. The van der Waals surface area contributed by atoms with Crippen molar-refractivity contribution in [2.45, 2.75) is 45.6 Å². The minimum absolute atomic E-state index is 0.132. The predicted molar refractivity (Wildman–Crippen MR) is 55.7 cm³/mol. The Labute approximate surface area is 86.0 Å². The fraction of sp³-hybridized carbons (Fsp3) is 0.909. The molecule has 0 aliphatic heterocycles. The van der Waals surface area contributed by atoms with Gasteiger partial charge in [-0.2, -0.15) is 0 Å². The van der Waals surface area contributed by atoms with Crippen molar-refractivity contribution in [1.82, 2.24) is 0 Å². The smallest absolute Gasteiger partial charge is 0.310 e. The van der Waals surface area contributed by atoms with Crippen LogP contribution in [-0.2, 0) is 9.53 Å². The van der Waals surface area contributed by atoms with E-state index in [0.717, 1.165) is 18.8 Å². The lowest BCUT2D eigenvalue weighted by Crippen LogP contribution is -2.29. The highest BCUT2D eigenvalue weighted by Crippen LogP contribution is 2.25. The third-order valence-corrected chi connectivity index (χ3v) is 3.00. The van der Waals surface area contributed by atoms with Crippen molar-refractivity contribution >= 4 is 5.97 Å². The Morgan fingerprint density at radius 1 is 1.43 bits per heavy atom. The minimum Gasteiger partial charge on any atom is -0.462 e. The zero-order valence-corrected chi connectivity index (χ0v) is 9.16. The van der Waals surface area contributed by atoms with Crippen LogP contribution in [0.25, 0.3) is 0 Å². The van der Waals surface area contributed by atoms with Gasteiger partial charge in [-0.3, -0.25) is 4.79 Å². The van der Waals surface area contributed by atoms with E-state index in [2.05, 4.69) is 6.92 Å². The molecule has 3 nitrogen and oxygen atoms in total. The van der Waals surface area contributed by atoms with E-state index in [-0.39, 0.29) is 18.0 Å².